The molecular formula is C20H26NO. The van der Waals surface area contributed by atoms with Crippen molar-refractivity contribution >= 4 is 0 Å². The topological polar surface area (TPSA) is 33.1 Å². The van der Waals surface area contributed by atoms with Crippen molar-refractivity contribution in [2.75, 3.05) is 0 Å². The lowest BCUT2D eigenvalue weighted by Gasteiger charge is -2.28. The second kappa shape index (κ2) is 5.75. The zero-order valence-electron chi connectivity index (χ0n) is 14.5. The average Bonchev–Trinajstić information content (AvgIpc) is 2.39. The Morgan fingerprint density at radius 3 is 1.95 bits per heavy atom. The molecule has 1 radical (unpaired) electrons. The Kier molecular flexibility index (Phi) is 4.32. The summed E-state index contributed by atoms with van der Waals surface area (Å²) < 4.78 is 0. The van der Waals surface area contributed by atoms with E-state index in [1.807, 2.05) is 18.2 Å². The quantitative estimate of drug-likeness (QED) is 0.865. The maximum absolute atomic E-state index is 10.7. The van der Waals surface area contributed by atoms with E-state index in [9.17, 15) is 5.11 Å². The van der Waals surface area contributed by atoms with Crippen LogP contribution in [0.15, 0.2) is 30.3 Å². The minimum absolute atomic E-state index is 0.101. The number of benzene rings is 1. The Balaban J connectivity index is 2.56. The molecule has 0 aliphatic rings. The normalized spacial score (nSPS) is 12.5. The van der Waals surface area contributed by atoms with E-state index < -0.39 is 0 Å². The molecule has 117 valence electrons. The Morgan fingerprint density at radius 2 is 1.55 bits per heavy atom. The Labute approximate surface area is 134 Å². The van der Waals surface area contributed by atoms with Gasteiger partial charge in [0.2, 0.25) is 0 Å². The monoisotopic (exact) mass is 296 g/mol. The van der Waals surface area contributed by atoms with E-state index in [2.05, 4.69) is 64.9 Å². The van der Waals surface area contributed by atoms with Gasteiger partial charge in [0.25, 0.3) is 0 Å². The third kappa shape index (κ3) is 3.68. The number of pyridine rings is 1. The van der Waals surface area contributed by atoms with Gasteiger partial charge >= 0.3 is 0 Å². The van der Waals surface area contributed by atoms with E-state index in [0.717, 1.165) is 23.2 Å². The summed E-state index contributed by atoms with van der Waals surface area (Å²) in [4.78, 5) is 4.29. The van der Waals surface area contributed by atoms with Crippen LogP contribution in [0.3, 0.4) is 0 Å². The molecule has 2 aromatic rings. The van der Waals surface area contributed by atoms with Crippen LogP contribution in [0.1, 0.15) is 63.9 Å². The van der Waals surface area contributed by atoms with Crippen molar-refractivity contribution in [3.8, 4) is 5.75 Å². The van der Waals surface area contributed by atoms with Gasteiger partial charge in [-0.1, -0.05) is 59.7 Å². The summed E-state index contributed by atoms with van der Waals surface area (Å²) in [6.07, 6.45) is 3.64. The van der Waals surface area contributed by atoms with Gasteiger partial charge in [0.1, 0.15) is 5.75 Å². The van der Waals surface area contributed by atoms with E-state index in [4.69, 9.17) is 0 Å². The van der Waals surface area contributed by atoms with Crippen molar-refractivity contribution in [3.05, 3.63) is 58.9 Å². The Hall–Kier alpha value is -1.83. The number of aromatic nitrogens is 1. The lowest BCUT2D eigenvalue weighted by molar-refractivity contribution is 0.423. The van der Waals surface area contributed by atoms with Gasteiger partial charge in [0.05, 0.1) is 6.20 Å². The first-order valence-corrected chi connectivity index (χ1v) is 7.78. The molecule has 2 heteroatoms. The van der Waals surface area contributed by atoms with Crippen molar-refractivity contribution < 1.29 is 5.11 Å². The molecule has 1 heterocycles. The first-order valence-electron chi connectivity index (χ1n) is 7.78. The number of nitrogens with zero attached hydrogens (tertiary/aromatic N) is 1. The highest BCUT2D eigenvalue weighted by Gasteiger charge is 2.26. The molecule has 0 saturated heterocycles. The van der Waals surface area contributed by atoms with E-state index in [1.54, 1.807) is 0 Å². The molecule has 0 fully saturated rings. The molecule has 2 nitrogen and oxygen atoms in total. The summed E-state index contributed by atoms with van der Waals surface area (Å²) in [7, 11) is 0. The minimum Gasteiger partial charge on any atom is -0.507 e. The molecule has 1 aromatic carbocycles. The van der Waals surface area contributed by atoms with Gasteiger partial charge in [-0.3, -0.25) is 4.98 Å². The first-order chi connectivity index (χ1) is 10.1. The van der Waals surface area contributed by atoms with Crippen LogP contribution in [-0.4, -0.2) is 10.1 Å². The molecule has 0 aliphatic heterocycles. The van der Waals surface area contributed by atoms with Gasteiger partial charge in [0, 0.05) is 12.1 Å². The largest absolute Gasteiger partial charge is 0.507 e. The van der Waals surface area contributed by atoms with Gasteiger partial charge in [-0.2, -0.15) is 0 Å². The highest BCUT2D eigenvalue weighted by molar-refractivity contribution is 5.50. The van der Waals surface area contributed by atoms with Crippen LogP contribution in [0.25, 0.3) is 0 Å². The summed E-state index contributed by atoms with van der Waals surface area (Å²) in [5.74, 6) is 0.427. The molecule has 0 atom stereocenters. The van der Waals surface area contributed by atoms with Gasteiger partial charge in [0.15, 0.2) is 0 Å². The number of phenols is 1. The highest BCUT2D eigenvalue weighted by atomic mass is 16.3. The summed E-state index contributed by atoms with van der Waals surface area (Å²) >= 11 is 0. The molecule has 2 rings (SSSR count). The third-order valence-corrected chi connectivity index (χ3v) is 3.84. The van der Waals surface area contributed by atoms with E-state index >= 15 is 0 Å². The van der Waals surface area contributed by atoms with E-state index in [0.29, 0.717) is 5.75 Å². The first kappa shape index (κ1) is 16.5. The molecule has 0 spiro atoms. The lowest BCUT2D eigenvalue weighted by atomic mass is 9.78. The lowest BCUT2D eigenvalue weighted by Crippen LogP contribution is -2.18. The molecular weight excluding hydrogens is 270 g/mol. The molecule has 0 saturated carbocycles. The SMILES string of the molecule is CC(C)(C)c1cc(Cc2ccc[c]n2)cc(C(C)(C)C)c1O. The second-order valence-corrected chi connectivity index (χ2v) is 7.97. The van der Waals surface area contributed by atoms with Crippen molar-refractivity contribution in [2.45, 2.75) is 58.8 Å². The molecule has 0 unspecified atom stereocenters. The highest BCUT2D eigenvalue weighted by Crippen LogP contribution is 2.40. The van der Waals surface area contributed by atoms with Crippen LogP contribution in [-0.2, 0) is 17.3 Å². The summed E-state index contributed by atoms with van der Waals surface area (Å²) in [6, 6.07) is 10.00. The summed E-state index contributed by atoms with van der Waals surface area (Å²) in [6.45, 7) is 12.8. The standard InChI is InChI=1S/C20H26NO/c1-19(2,3)16-12-14(11-15-9-7-8-10-21-15)13-17(18(16)22)20(4,5)6/h7-9,12-13,22H,11H2,1-6H3. The fourth-order valence-electron chi connectivity index (χ4n) is 2.61. The van der Waals surface area contributed by atoms with E-state index in [-0.39, 0.29) is 10.8 Å². The smallest absolute Gasteiger partial charge is 0.123 e. The zero-order chi connectivity index (χ0) is 16.5. The molecule has 0 aliphatic carbocycles. The number of phenolic OH excluding ortho intramolecular Hbond substituents is 1. The van der Waals surface area contributed by atoms with Gasteiger partial charge in [-0.15, -0.1) is 0 Å². The van der Waals surface area contributed by atoms with Crippen LogP contribution < -0.4 is 0 Å². The van der Waals surface area contributed by atoms with Crippen LogP contribution in [0, 0.1) is 6.20 Å². The third-order valence-electron chi connectivity index (χ3n) is 3.84. The maximum atomic E-state index is 10.7. The molecule has 0 bridgehead atoms. The number of rotatable bonds is 2. The fourth-order valence-corrected chi connectivity index (χ4v) is 2.61. The fraction of sp³-hybridized carbons (Fsp3) is 0.450. The van der Waals surface area contributed by atoms with Crippen molar-refractivity contribution in [3.63, 3.8) is 0 Å². The van der Waals surface area contributed by atoms with E-state index in [1.165, 1.54) is 5.56 Å². The number of hydrogen-bond acceptors (Lipinski definition) is 2. The van der Waals surface area contributed by atoms with Crippen molar-refractivity contribution in [1.29, 1.82) is 0 Å². The molecule has 1 aromatic heterocycles. The molecule has 1 N–H and O–H groups in total. The van der Waals surface area contributed by atoms with Crippen LogP contribution in [0.2, 0.25) is 0 Å². The number of hydrogen-bond donors (Lipinski definition) is 1. The van der Waals surface area contributed by atoms with Gasteiger partial charge in [-0.05, 0) is 39.7 Å². The van der Waals surface area contributed by atoms with Gasteiger partial charge < -0.3 is 5.11 Å². The average molecular weight is 296 g/mol. The van der Waals surface area contributed by atoms with Gasteiger partial charge in [-0.25, -0.2) is 0 Å². The number of aromatic hydroxyl groups is 1. The van der Waals surface area contributed by atoms with Crippen LogP contribution >= 0.6 is 0 Å². The van der Waals surface area contributed by atoms with Crippen LogP contribution in [0.5, 0.6) is 5.75 Å². The van der Waals surface area contributed by atoms with Crippen molar-refractivity contribution in [1.82, 2.24) is 4.98 Å². The van der Waals surface area contributed by atoms with Crippen LogP contribution in [0.4, 0.5) is 0 Å². The Bertz CT molecular complexity index is 611. The zero-order valence-corrected chi connectivity index (χ0v) is 14.5. The Morgan fingerprint density at radius 1 is 1.00 bits per heavy atom. The second-order valence-electron chi connectivity index (χ2n) is 7.97. The molecule has 22 heavy (non-hydrogen) atoms. The predicted molar refractivity (Wildman–Crippen MR) is 91.4 cm³/mol. The minimum atomic E-state index is -0.101. The molecule has 0 amide bonds. The van der Waals surface area contributed by atoms with Crippen molar-refractivity contribution in [2.24, 2.45) is 0 Å². The summed E-state index contributed by atoms with van der Waals surface area (Å²) in [5, 5.41) is 10.7. The summed E-state index contributed by atoms with van der Waals surface area (Å²) in [5.41, 5.74) is 3.96. The predicted octanol–water partition coefficient (Wildman–Crippen LogP) is 4.77. The maximum Gasteiger partial charge on any atom is 0.123 e.